The lowest BCUT2D eigenvalue weighted by Crippen LogP contribution is -2.37. The number of amides is 1. The van der Waals surface area contributed by atoms with Gasteiger partial charge in [-0.3, -0.25) is 4.79 Å². The Labute approximate surface area is 164 Å². The van der Waals surface area contributed by atoms with Crippen LogP contribution in [0.3, 0.4) is 0 Å². The summed E-state index contributed by atoms with van der Waals surface area (Å²) >= 11 is 6.10. The maximum absolute atomic E-state index is 12.3. The first-order valence-electron chi connectivity index (χ1n) is 8.11. The lowest BCUT2D eigenvalue weighted by Gasteiger charge is -2.20. The van der Waals surface area contributed by atoms with Crippen LogP contribution in [0.1, 0.15) is 5.56 Å². The highest BCUT2D eigenvalue weighted by Crippen LogP contribution is 2.19. The monoisotopic (exact) mass is 408 g/mol. The summed E-state index contributed by atoms with van der Waals surface area (Å²) < 4.78 is 30.6. The van der Waals surface area contributed by atoms with Gasteiger partial charge in [-0.25, -0.2) is 8.42 Å². The second kappa shape index (κ2) is 9.55. The van der Waals surface area contributed by atoms with Crippen LogP contribution < -0.4 is 10.1 Å². The number of hydrogen-bond donors (Lipinski definition) is 1. The summed E-state index contributed by atoms with van der Waals surface area (Å²) in [6, 6.07) is 13.7. The first-order chi connectivity index (χ1) is 12.8. The molecule has 8 heteroatoms. The first kappa shape index (κ1) is 21.0. The molecule has 6 nitrogen and oxygen atoms in total. The van der Waals surface area contributed by atoms with E-state index in [0.29, 0.717) is 28.6 Å². The van der Waals surface area contributed by atoms with Crippen LogP contribution in [-0.2, 0) is 21.4 Å². The van der Waals surface area contributed by atoms with E-state index >= 15 is 0 Å². The van der Waals surface area contributed by atoms with Gasteiger partial charge in [-0.15, -0.1) is 0 Å². The molecule has 0 aliphatic rings. The van der Waals surface area contributed by atoms with E-state index in [2.05, 4.69) is 11.9 Å². The number of rotatable bonds is 9. The second-order valence-corrected chi connectivity index (χ2v) is 8.18. The summed E-state index contributed by atoms with van der Waals surface area (Å²) in [7, 11) is -3.60. The molecule has 0 aliphatic carbocycles. The minimum Gasteiger partial charge on any atom is -0.490 e. The molecule has 0 unspecified atom stereocenters. The number of halogens is 1. The quantitative estimate of drug-likeness (QED) is 0.646. The Balaban J connectivity index is 2.03. The molecule has 1 N–H and O–H groups in total. The highest BCUT2D eigenvalue weighted by Gasteiger charge is 2.21. The van der Waals surface area contributed by atoms with E-state index in [0.717, 1.165) is 10.6 Å². The maximum Gasteiger partial charge on any atom is 0.239 e. The van der Waals surface area contributed by atoms with Crippen molar-refractivity contribution in [1.29, 1.82) is 0 Å². The van der Waals surface area contributed by atoms with Crippen LogP contribution in [0.5, 0.6) is 5.75 Å². The predicted molar refractivity (Wildman–Crippen MR) is 107 cm³/mol. The van der Waals surface area contributed by atoms with Crippen molar-refractivity contribution in [1.82, 2.24) is 4.31 Å². The molecular formula is C19H21ClN2O4S. The van der Waals surface area contributed by atoms with Crippen molar-refractivity contribution in [2.45, 2.75) is 6.54 Å². The Bertz CT molecular complexity index is 898. The number of sulfonamides is 1. The SMILES string of the molecule is C=CCOc1ccc(NC(=O)CN(Cc2ccccc2Cl)S(C)(=O)=O)cc1. The van der Waals surface area contributed by atoms with Crippen molar-refractivity contribution in [2.75, 3.05) is 24.7 Å². The first-order valence-corrected chi connectivity index (χ1v) is 10.3. The number of carbonyl (C=O) groups is 1. The fourth-order valence-corrected chi connectivity index (χ4v) is 3.18. The Morgan fingerprint density at radius 2 is 1.89 bits per heavy atom. The van der Waals surface area contributed by atoms with Crippen LogP contribution in [0.2, 0.25) is 5.02 Å². The molecule has 1 amide bonds. The topological polar surface area (TPSA) is 75.7 Å². The molecular weight excluding hydrogens is 388 g/mol. The van der Waals surface area contributed by atoms with Crippen molar-refractivity contribution in [3.05, 3.63) is 71.8 Å². The predicted octanol–water partition coefficient (Wildman–Crippen LogP) is 3.31. The molecule has 0 fully saturated rings. The van der Waals surface area contributed by atoms with E-state index in [1.54, 1.807) is 54.6 Å². The molecule has 0 aliphatic heterocycles. The van der Waals surface area contributed by atoms with E-state index in [9.17, 15) is 13.2 Å². The number of nitrogens with one attached hydrogen (secondary N) is 1. The Hall–Kier alpha value is -2.35. The molecule has 0 radical (unpaired) electrons. The van der Waals surface area contributed by atoms with E-state index in [-0.39, 0.29) is 13.1 Å². The summed E-state index contributed by atoms with van der Waals surface area (Å²) in [5.74, 6) is 0.191. The smallest absolute Gasteiger partial charge is 0.239 e. The summed E-state index contributed by atoms with van der Waals surface area (Å²) in [4.78, 5) is 12.3. The van der Waals surface area contributed by atoms with E-state index in [1.165, 1.54) is 0 Å². The number of benzene rings is 2. The maximum atomic E-state index is 12.3. The highest BCUT2D eigenvalue weighted by atomic mass is 35.5. The number of carbonyl (C=O) groups excluding carboxylic acids is 1. The molecule has 2 aromatic carbocycles. The van der Waals surface area contributed by atoms with Gasteiger partial charge in [-0.1, -0.05) is 42.5 Å². The summed E-state index contributed by atoms with van der Waals surface area (Å²) in [6.45, 7) is 3.65. The molecule has 144 valence electrons. The minimum atomic E-state index is -3.60. The highest BCUT2D eigenvalue weighted by molar-refractivity contribution is 7.88. The van der Waals surface area contributed by atoms with E-state index in [4.69, 9.17) is 16.3 Å². The number of hydrogen-bond acceptors (Lipinski definition) is 4. The number of ether oxygens (including phenoxy) is 1. The Morgan fingerprint density at radius 1 is 1.22 bits per heavy atom. The van der Waals surface area contributed by atoms with Crippen molar-refractivity contribution in [3.63, 3.8) is 0 Å². The Morgan fingerprint density at radius 3 is 2.48 bits per heavy atom. The van der Waals surface area contributed by atoms with Gasteiger partial charge < -0.3 is 10.1 Å². The van der Waals surface area contributed by atoms with Gasteiger partial charge in [0.25, 0.3) is 0 Å². The van der Waals surface area contributed by atoms with E-state index < -0.39 is 15.9 Å². The van der Waals surface area contributed by atoms with Crippen LogP contribution >= 0.6 is 11.6 Å². The zero-order valence-corrected chi connectivity index (χ0v) is 16.5. The van der Waals surface area contributed by atoms with Gasteiger partial charge in [0.05, 0.1) is 12.8 Å². The average molecular weight is 409 g/mol. The van der Waals surface area contributed by atoms with Crippen LogP contribution in [0.4, 0.5) is 5.69 Å². The summed E-state index contributed by atoms with van der Waals surface area (Å²) in [5, 5.41) is 3.12. The normalized spacial score (nSPS) is 11.2. The van der Waals surface area contributed by atoms with Gasteiger partial charge in [0.15, 0.2) is 0 Å². The molecule has 2 rings (SSSR count). The molecule has 0 spiro atoms. The zero-order chi connectivity index (χ0) is 19.9. The van der Waals surface area contributed by atoms with E-state index in [1.807, 2.05) is 0 Å². The molecule has 2 aromatic rings. The fourth-order valence-electron chi connectivity index (χ4n) is 2.26. The van der Waals surface area contributed by atoms with Gasteiger partial charge in [0.1, 0.15) is 12.4 Å². The van der Waals surface area contributed by atoms with Crippen molar-refractivity contribution >= 4 is 33.2 Å². The van der Waals surface area contributed by atoms with Gasteiger partial charge in [0.2, 0.25) is 15.9 Å². The summed E-state index contributed by atoms with van der Waals surface area (Å²) in [6.07, 6.45) is 2.69. The van der Waals surface area contributed by atoms with Crippen molar-refractivity contribution in [2.24, 2.45) is 0 Å². The number of nitrogens with zero attached hydrogens (tertiary/aromatic N) is 1. The molecule has 0 atom stereocenters. The van der Waals surface area contributed by atoms with Crippen molar-refractivity contribution in [3.8, 4) is 5.75 Å². The lowest BCUT2D eigenvalue weighted by atomic mass is 10.2. The Kier molecular flexibility index (Phi) is 7.41. The standard InChI is InChI=1S/C19H21ClN2O4S/c1-3-12-26-17-10-8-16(9-11-17)21-19(23)14-22(27(2,24)25)13-15-6-4-5-7-18(15)20/h3-11H,1,12-14H2,2H3,(H,21,23). The third kappa shape index (κ3) is 6.71. The second-order valence-electron chi connectivity index (χ2n) is 5.79. The van der Waals surface area contributed by atoms with Gasteiger partial charge >= 0.3 is 0 Å². The zero-order valence-electron chi connectivity index (χ0n) is 14.9. The molecule has 27 heavy (non-hydrogen) atoms. The van der Waals surface area contributed by atoms with Gasteiger partial charge in [0, 0.05) is 17.3 Å². The van der Waals surface area contributed by atoms with Crippen LogP contribution in [0.25, 0.3) is 0 Å². The van der Waals surface area contributed by atoms with Crippen LogP contribution in [0, 0.1) is 0 Å². The molecule has 0 saturated carbocycles. The molecule has 0 aromatic heterocycles. The third-order valence-electron chi connectivity index (χ3n) is 3.60. The van der Waals surface area contributed by atoms with Crippen LogP contribution in [0.15, 0.2) is 61.2 Å². The third-order valence-corrected chi connectivity index (χ3v) is 5.16. The molecule has 0 bridgehead atoms. The minimum absolute atomic E-state index is 0.0141. The molecule has 0 heterocycles. The molecule has 0 saturated heterocycles. The van der Waals surface area contributed by atoms with Gasteiger partial charge in [-0.05, 0) is 35.9 Å². The largest absolute Gasteiger partial charge is 0.490 e. The fraction of sp³-hybridized carbons (Fsp3) is 0.211. The lowest BCUT2D eigenvalue weighted by molar-refractivity contribution is -0.116. The van der Waals surface area contributed by atoms with Crippen molar-refractivity contribution < 1.29 is 17.9 Å². The average Bonchev–Trinajstić information content (AvgIpc) is 2.61. The number of anilines is 1. The van der Waals surface area contributed by atoms with Gasteiger partial charge in [-0.2, -0.15) is 4.31 Å². The van der Waals surface area contributed by atoms with Crippen LogP contribution in [-0.4, -0.2) is 38.0 Å². The summed E-state index contributed by atoms with van der Waals surface area (Å²) in [5.41, 5.74) is 1.17.